The van der Waals surface area contributed by atoms with Crippen molar-refractivity contribution in [3.05, 3.63) is 0 Å². The van der Waals surface area contributed by atoms with Crippen LogP contribution in [0.3, 0.4) is 0 Å². The van der Waals surface area contributed by atoms with Crippen molar-refractivity contribution in [2.75, 3.05) is 28.4 Å². The first-order chi connectivity index (χ1) is 19.7. The molecular weight excluding hydrogens is 568 g/mol. The highest BCUT2D eigenvalue weighted by Gasteiger charge is 2.04. The maximum Gasteiger partial charge on any atom is 0.305 e. The van der Waals surface area contributed by atoms with E-state index in [1.165, 1.54) is 28.4 Å². The molecule has 16 nitrogen and oxygen atoms in total. The van der Waals surface area contributed by atoms with Crippen LogP contribution in [0.5, 0.6) is 0 Å². The van der Waals surface area contributed by atoms with Crippen molar-refractivity contribution >= 4 is 47.8 Å². The summed E-state index contributed by atoms with van der Waals surface area (Å²) < 4.78 is 17.6. The Labute approximate surface area is 244 Å². The summed E-state index contributed by atoms with van der Waals surface area (Å²) in [6.45, 7) is 0. The Balaban J connectivity index is -0.000000230. The third-order valence-electron chi connectivity index (χ3n) is 4.50. The van der Waals surface area contributed by atoms with Crippen molar-refractivity contribution in [3.63, 3.8) is 0 Å². The minimum Gasteiger partial charge on any atom is -0.481 e. The molecule has 0 fully saturated rings. The summed E-state index contributed by atoms with van der Waals surface area (Å²) in [5, 5.41) is 32.3. The topological polar surface area (TPSA) is 254 Å². The average molecular weight is 613 g/mol. The zero-order valence-electron chi connectivity index (χ0n) is 24.6. The summed E-state index contributed by atoms with van der Waals surface area (Å²) >= 11 is 0. The van der Waals surface area contributed by atoms with Gasteiger partial charge in [-0.3, -0.25) is 38.4 Å². The van der Waals surface area contributed by atoms with Gasteiger partial charge in [-0.05, 0) is 38.5 Å². The largest absolute Gasteiger partial charge is 0.481 e. The molecule has 0 spiro atoms. The maximum atomic E-state index is 10.6. The minimum absolute atomic E-state index is 0.0628. The number of carbonyl (C=O) groups is 8. The van der Waals surface area contributed by atoms with Crippen molar-refractivity contribution in [2.45, 2.75) is 89.9 Å². The molecule has 0 aliphatic carbocycles. The van der Waals surface area contributed by atoms with Gasteiger partial charge in [0.25, 0.3) is 0 Å². The average Bonchev–Trinajstić information content (AvgIpc) is 2.93. The normalized spacial score (nSPS) is 9.05. The first-order valence-electron chi connectivity index (χ1n) is 12.8. The Hall–Kier alpha value is -4.24. The molecule has 0 saturated heterocycles. The van der Waals surface area contributed by atoms with Crippen LogP contribution in [0.2, 0.25) is 0 Å². The van der Waals surface area contributed by atoms with Crippen LogP contribution in [-0.4, -0.2) is 96.6 Å². The van der Waals surface area contributed by atoms with Gasteiger partial charge in [-0.15, -0.1) is 0 Å². The van der Waals surface area contributed by atoms with Gasteiger partial charge in [0, 0.05) is 51.4 Å². The third-order valence-corrected chi connectivity index (χ3v) is 4.50. The van der Waals surface area contributed by atoms with Crippen molar-refractivity contribution < 1.29 is 77.7 Å². The van der Waals surface area contributed by atoms with Gasteiger partial charge < -0.3 is 39.4 Å². The van der Waals surface area contributed by atoms with E-state index in [1.54, 1.807) is 0 Å². The van der Waals surface area contributed by atoms with E-state index >= 15 is 0 Å². The molecule has 0 rings (SSSR count). The lowest BCUT2D eigenvalue weighted by atomic mass is 10.2. The van der Waals surface area contributed by atoms with E-state index in [9.17, 15) is 38.4 Å². The summed E-state index contributed by atoms with van der Waals surface area (Å²) in [6.07, 6.45) is 4.20. The molecule has 0 unspecified atom stereocenters. The number of rotatable bonds is 18. The molecule has 42 heavy (non-hydrogen) atoms. The zero-order chi connectivity index (χ0) is 33.3. The lowest BCUT2D eigenvalue weighted by Crippen LogP contribution is -2.04. The standard InChI is InChI=1S/C8H14O4.C7H12O4.C6H10O4.C5H8O4/c1-11-7(9)5-3-4-6-8(10)12-2;1-10-6(8)4-3-5-7(9)11-2;7-5(8)3-1-2-4-6(9)10;6-4(7)2-1-3-5(8)9/h3-6H2,1-2H3;3-5H2,1-2H3;1-4H2,(H,7,8)(H,9,10);1-3H2,(H,6,7)(H,8,9). The minimum atomic E-state index is -0.948. The van der Waals surface area contributed by atoms with E-state index in [2.05, 4.69) is 18.9 Å². The van der Waals surface area contributed by atoms with Gasteiger partial charge in [0.2, 0.25) is 0 Å². The summed E-state index contributed by atoms with van der Waals surface area (Å²) in [4.78, 5) is 81.6. The van der Waals surface area contributed by atoms with Crippen LogP contribution in [0.1, 0.15) is 89.9 Å². The highest BCUT2D eigenvalue weighted by Crippen LogP contribution is 2.02. The summed E-state index contributed by atoms with van der Waals surface area (Å²) in [7, 11) is 5.34. The molecule has 0 aromatic rings. The number of aliphatic carboxylic acids is 4. The number of carbonyl (C=O) groups excluding carboxylic acids is 4. The van der Waals surface area contributed by atoms with Gasteiger partial charge in [-0.25, -0.2) is 0 Å². The fourth-order valence-corrected chi connectivity index (χ4v) is 2.27. The molecular formula is C26H44O16. The number of carboxylic acids is 4. The number of carboxylic acid groups (broad SMARTS) is 4. The van der Waals surface area contributed by atoms with Gasteiger partial charge in [0.05, 0.1) is 28.4 Å². The molecule has 0 aliphatic heterocycles. The molecule has 0 radical (unpaired) electrons. The number of unbranched alkanes of at least 4 members (excludes halogenated alkanes) is 2. The van der Waals surface area contributed by atoms with Crippen molar-refractivity contribution in [1.29, 1.82) is 0 Å². The van der Waals surface area contributed by atoms with Gasteiger partial charge >= 0.3 is 47.8 Å². The quantitative estimate of drug-likeness (QED) is 0.0984. The van der Waals surface area contributed by atoms with E-state index in [4.69, 9.17) is 20.4 Å². The Morgan fingerprint density at radius 2 is 0.500 bits per heavy atom. The van der Waals surface area contributed by atoms with E-state index < -0.39 is 23.9 Å². The Kier molecular flexibility index (Phi) is 35.1. The highest BCUT2D eigenvalue weighted by atomic mass is 16.5. The van der Waals surface area contributed by atoms with Gasteiger partial charge in [-0.1, -0.05) is 0 Å². The molecule has 0 bridgehead atoms. The van der Waals surface area contributed by atoms with Crippen LogP contribution in [0.25, 0.3) is 0 Å². The molecule has 0 aromatic heterocycles. The smallest absolute Gasteiger partial charge is 0.305 e. The van der Waals surface area contributed by atoms with Crippen molar-refractivity contribution in [1.82, 2.24) is 0 Å². The lowest BCUT2D eigenvalue weighted by molar-refractivity contribution is -0.143. The predicted octanol–water partition coefficient (Wildman–Crippen LogP) is 2.44. The van der Waals surface area contributed by atoms with Crippen LogP contribution in [0.4, 0.5) is 0 Å². The molecule has 244 valence electrons. The second-order valence-corrected chi connectivity index (χ2v) is 8.00. The molecule has 0 atom stereocenters. The third kappa shape index (κ3) is 48.8. The van der Waals surface area contributed by atoms with E-state index in [-0.39, 0.29) is 68.8 Å². The summed E-state index contributed by atoms with van der Waals surface area (Å²) in [5.74, 6) is -4.70. The Bertz CT molecular complexity index is 742. The second kappa shape index (κ2) is 33.0. The number of ether oxygens (including phenoxy) is 4. The summed E-state index contributed by atoms with van der Waals surface area (Å²) in [6, 6.07) is 0. The first kappa shape index (κ1) is 44.8. The maximum absolute atomic E-state index is 10.6. The van der Waals surface area contributed by atoms with Crippen molar-refractivity contribution in [3.8, 4) is 0 Å². The predicted molar refractivity (Wildman–Crippen MR) is 143 cm³/mol. The zero-order valence-corrected chi connectivity index (χ0v) is 24.6. The fraction of sp³-hybridized carbons (Fsp3) is 0.692. The van der Waals surface area contributed by atoms with Gasteiger partial charge in [0.15, 0.2) is 0 Å². The second-order valence-electron chi connectivity index (χ2n) is 8.00. The van der Waals surface area contributed by atoms with E-state index in [0.717, 1.165) is 0 Å². The van der Waals surface area contributed by atoms with Gasteiger partial charge in [0.1, 0.15) is 0 Å². The molecule has 0 heterocycles. The highest BCUT2D eigenvalue weighted by molar-refractivity contribution is 5.72. The molecule has 0 aromatic carbocycles. The van der Waals surface area contributed by atoms with Crippen LogP contribution in [0, 0.1) is 0 Å². The van der Waals surface area contributed by atoms with Gasteiger partial charge in [-0.2, -0.15) is 0 Å². The number of hydrogen-bond donors (Lipinski definition) is 4. The molecule has 0 aliphatic rings. The van der Waals surface area contributed by atoms with Crippen LogP contribution >= 0.6 is 0 Å². The van der Waals surface area contributed by atoms with Crippen LogP contribution < -0.4 is 0 Å². The Morgan fingerprint density at radius 1 is 0.333 bits per heavy atom. The van der Waals surface area contributed by atoms with Crippen molar-refractivity contribution in [2.24, 2.45) is 0 Å². The number of methoxy groups -OCH3 is 4. The molecule has 0 saturated carbocycles. The first-order valence-corrected chi connectivity index (χ1v) is 12.8. The van der Waals surface area contributed by atoms with E-state index in [1.807, 2.05) is 0 Å². The molecule has 0 amide bonds. The van der Waals surface area contributed by atoms with E-state index in [0.29, 0.717) is 44.9 Å². The number of hydrogen-bond acceptors (Lipinski definition) is 12. The summed E-state index contributed by atoms with van der Waals surface area (Å²) in [5.41, 5.74) is 0. The lowest BCUT2D eigenvalue weighted by Gasteiger charge is -1.98. The molecule has 16 heteroatoms. The monoisotopic (exact) mass is 612 g/mol. The van der Waals surface area contributed by atoms with Crippen LogP contribution in [-0.2, 0) is 57.3 Å². The molecule has 4 N–H and O–H groups in total. The van der Waals surface area contributed by atoms with Crippen LogP contribution in [0.15, 0.2) is 0 Å². The fourth-order valence-electron chi connectivity index (χ4n) is 2.27. The Morgan fingerprint density at radius 3 is 0.714 bits per heavy atom. The number of esters is 4. The SMILES string of the molecule is COC(=O)CCCC(=O)OC.COC(=O)CCCCC(=O)OC.O=C(O)CCCC(=O)O.O=C(O)CCCCC(=O)O.